The molecule has 0 radical (unpaired) electrons. The van der Waals surface area contributed by atoms with Crippen molar-refractivity contribution in [2.75, 3.05) is 23.0 Å². The minimum atomic E-state index is -0.994. The number of fused-ring (bicyclic) bond motifs is 1. The number of anilines is 2. The molecule has 0 aromatic heterocycles. The summed E-state index contributed by atoms with van der Waals surface area (Å²) in [4.78, 5) is 28.8. The first-order chi connectivity index (χ1) is 18.0. The Kier molecular flexibility index (Phi) is 7.68. The van der Waals surface area contributed by atoms with Crippen molar-refractivity contribution in [3.63, 3.8) is 0 Å². The molecule has 1 unspecified atom stereocenters. The Labute approximate surface area is 220 Å². The van der Waals surface area contributed by atoms with Crippen LogP contribution in [0.25, 0.3) is 5.57 Å². The van der Waals surface area contributed by atoms with Crippen LogP contribution in [0.5, 0.6) is 5.75 Å². The van der Waals surface area contributed by atoms with Crippen molar-refractivity contribution < 1.29 is 28.2 Å². The molecule has 2 aromatic carbocycles. The van der Waals surface area contributed by atoms with E-state index in [1.807, 2.05) is 44.2 Å². The summed E-state index contributed by atoms with van der Waals surface area (Å²) in [7, 11) is 0. The number of aliphatic hydroxyl groups excluding tert-OH is 1. The minimum absolute atomic E-state index is 0.0770. The van der Waals surface area contributed by atoms with Gasteiger partial charge in [0.2, 0.25) is 5.91 Å². The van der Waals surface area contributed by atoms with Crippen molar-refractivity contribution >= 4 is 28.9 Å². The second-order valence-corrected chi connectivity index (χ2v) is 10.0. The summed E-state index contributed by atoms with van der Waals surface area (Å²) in [6, 6.07) is 7.77. The predicted molar refractivity (Wildman–Crippen MR) is 143 cm³/mol. The molecule has 1 aliphatic carbocycles. The van der Waals surface area contributed by atoms with Crippen LogP contribution in [0, 0.1) is 11.6 Å². The zero-order chi connectivity index (χ0) is 27.6. The number of nitrogens with one attached hydrogen (secondary N) is 1. The third kappa shape index (κ3) is 5.62. The highest BCUT2D eigenvalue weighted by Gasteiger charge is 2.35. The molecule has 0 fully saturated rings. The third-order valence-electron chi connectivity index (χ3n) is 6.42. The Balaban J connectivity index is 1.80. The van der Waals surface area contributed by atoms with Crippen molar-refractivity contribution in [2.24, 2.45) is 0 Å². The quantitative estimate of drug-likeness (QED) is 0.555. The van der Waals surface area contributed by atoms with Crippen LogP contribution in [-0.4, -0.2) is 41.8 Å². The lowest BCUT2D eigenvalue weighted by Gasteiger charge is -2.40. The zero-order valence-electron chi connectivity index (χ0n) is 21.8. The molecule has 1 aliphatic heterocycles. The maximum atomic E-state index is 14.2. The molecule has 9 heteroatoms. The molecule has 0 spiro atoms. The number of rotatable bonds is 5. The smallest absolute Gasteiger partial charge is 0.407 e. The lowest BCUT2D eigenvalue weighted by Crippen LogP contribution is -2.52. The van der Waals surface area contributed by atoms with E-state index < -0.39 is 29.0 Å². The highest BCUT2D eigenvalue weighted by Crippen LogP contribution is 2.39. The average molecular weight is 524 g/mol. The Hall–Kier alpha value is -3.98. The first-order valence-electron chi connectivity index (χ1n) is 12.3. The fourth-order valence-electron chi connectivity index (χ4n) is 4.62. The van der Waals surface area contributed by atoms with Gasteiger partial charge in [-0.05, 0) is 50.6 Å². The molecule has 1 heterocycles. The molecular weight excluding hydrogens is 492 g/mol. The molecular formula is C29H31F2N3O4. The molecule has 2 aromatic rings. The number of benzene rings is 2. The summed E-state index contributed by atoms with van der Waals surface area (Å²) in [5.74, 6) is -2.36. The lowest BCUT2D eigenvalue weighted by molar-refractivity contribution is -0.117. The van der Waals surface area contributed by atoms with Gasteiger partial charge < -0.3 is 20.1 Å². The standard InChI is InChI=1S/C29H31F2N3O4/c1-18-16-33(28(37)38-27-13-11-21(30)15-23(27)31)26-14-20(10-12-25(26)34(18)19(2)36)22-8-6-5-7-9-24(22)32-29(3,4)17-35/h5-8,10-15,18,32,35H,9,16-17H2,1-4H3. The maximum Gasteiger partial charge on any atom is 0.419 e. The van der Waals surface area contributed by atoms with E-state index in [2.05, 4.69) is 5.32 Å². The lowest BCUT2D eigenvalue weighted by atomic mass is 9.97. The van der Waals surface area contributed by atoms with Crippen molar-refractivity contribution in [3.05, 3.63) is 83.6 Å². The summed E-state index contributed by atoms with van der Waals surface area (Å²) >= 11 is 0. The monoisotopic (exact) mass is 523 g/mol. The fraction of sp³-hybridized carbons (Fsp3) is 0.310. The number of ether oxygens (including phenoxy) is 1. The molecule has 1 atom stereocenters. The summed E-state index contributed by atoms with van der Waals surface area (Å²) in [6.45, 7) is 7.07. The second-order valence-electron chi connectivity index (χ2n) is 10.0. The van der Waals surface area contributed by atoms with Gasteiger partial charge in [-0.3, -0.25) is 9.69 Å². The molecule has 2 aliphatic rings. The predicted octanol–water partition coefficient (Wildman–Crippen LogP) is 5.31. The van der Waals surface area contributed by atoms with Crippen molar-refractivity contribution in [3.8, 4) is 5.75 Å². The van der Waals surface area contributed by atoms with Gasteiger partial charge in [-0.15, -0.1) is 0 Å². The Morgan fingerprint density at radius 1 is 1.13 bits per heavy atom. The van der Waals surface area contributed by atoms with Crippen LogP contribution in [0.2, 0.25) is 0 Å². The number of nitrogens with zero attached hydrogens (tertiary/aromatic N) is 2. The van der Waals surface area contributed by atoms with Gasteiger partial charge in [0.25, 0.3) is 0 Å². The topological polar surface area (TPSA) is 82.1 Å². The number of amides is 2. The van der Waals surface area contributed by atoms with E-state index in [1.54, 1.807) is 24.0 Å². The van der Waals surface area contributed by atoms with E-state index in [1.165, 1.54) is 11.8 Å². The summed E-state index contributed by atoms with van der Waals surface area (Å²) in [6.07, 6.45) is 7.51. The Bertz CT molecular complexity index is 1350. The maximum absolute atomic E-state index is 14.2. The number of allylic oxidation sites excluding steroid dienone is 5. The van der Waals surface area contributed by atoms with Crippen LogP contribution in [0.15, 0.2) is 66.4 Å². The van der Waals surface area contributed by atoms with Crippen LogP contribution < -0.4 is 19.9 Å². The van der Waals surface area contributed by atoms with Crippen LogP contribution >= 0.6 is 0 Å². The number of carbonyl (C=O) groups is 2. The number of halogens is 2. The van der Waals surface area contributed by atoms with E-state index >= 15 is 0 Å². The van der Waals surface area contributed by atoms with E-state index in [-0.39, 0.29) is 25.1 Å². The van der Waals surface area contributed by atoms with Crippen molar-refractivity contribution in [2.45, 2.75) is 45.7 Å². The molecule has 0 saturated carbocycles. The summed E-state index contributed by atoms with van der Waals surface area (Å²) < 4.78 is 32.9. The van der Waals surface area contributed by atoms with Gasteiger partial charge in [0.05, 0.1) is 29.6 Å². The molecule has 200 valence electrons. The van der Waals surface area contributed by atoms with Gasteiger partial charge in [0, 0.05) is 37.2 Å². The highest BCUT2D eigenvalue weighted by molar-refractivity contribution is 6.03. The largest absolute Gasteiger partial charge is 0.419 e. The second kappa shape index (κ2) is 10.8. The average Bonchev–Trinajstić information content (AvgIpc) is 3.09. The Morgan fingerprint density at radius 3 is 2.58 bits per heavy atom. The molecule has 4 rings (SSSR count). The van der Waals surface area contributed by atoms with E-state index in [0.29, 0.717) is 23.9 Å². The Morgan fingerprint density at radius 2 is 1.89 bits per heavy atom. The molecule has 0 bridgehead atoms. The molecule has 2 amide bonds. The van der Waals surface area contributed by atoms with Gasteiger partial charge in [-0.2, -0.15) is 0 Å². The SMILES string of the molecule is CC(=O)N1c2ccc(C3=C(NC(C)(C)CO)CC=CC=C3)cc2N(C(=O)Oc2ccc(F)cc2F)CC1C. The van der Waals surface area contributed by atoms with Gasteiger partial charge in [-0.1, -0.05) is 30.4 Å². The fourth-order valence-corrected chi connectivity index (χ4v) is 4.62. The molecule has 0 saturated heterocycles. The van der Waals surface area contributed by atoms with E-state index in [9.17, 15) is 23.5 Å². The zero-order valence-corrected chi connectivity index (χ0v) is 21.8. The highest BCUT2D eigenvalue weighted by atomic mass is 19.1. The number of aliphatic hydroxyl groups is 1. The number of carbonyl (C=O) groups excluding carboxylic acids is 2. The van der Waals surface area contributed by atoms with E-state index in [0.717, 1.165) is 29.0 Å². The minimum Gasteiger partial charge on any atom is -0.407 e. The van der Waals surface area contributed by atoms with Crippen molar-refractivity contribution in [1.82, 2.24) is 5.32 Å². The van der Waals surface area contributed by atoms with Gasteiger partial charge in [0.1, 0.15) is 5.82 Å². The molecule has 7 nitrogen and oxygen atoms in total. The van der Waals surface area contributed by atoms with Crippen LogP contribution in [0.1, 0.15) is 39.7 Å². The normalized spacial score (nSPS) is 17.3. The third-order valence-corrected chi connectivity index (χ3v) is 6.42. The van der Waals surface area contributed by atoms with Gasteiger partial charge in [0.15, 0.2) is 11.6 Å². The van der Waals surface area contributed by atoms with Gasteiger partial charge >= 0.3 is 6.09 Å². The van der Waals surface area contributed by atoms with Crippen LogP contribution in [0.4, 0.5) is 25.0 Å². The van der Waals surface area contributed by atoms with Crippen LogP contribution in [0.3, 0.4) is 0 Å². The van der Waals surface area contributed by atoms with Crippen molar-refractivity contribution in [1.29, 1.82) is 0 Å². The summed E-state index contributed by atoms with van der Waals surface area (Å²) in [5, 5.41) is 13.2. The van der Waals surface area contributed by atoms with E-state index in [4.69, 9.17) is 4.74 Å². The number of hydrogen-bond donors (Lipinski definition) is 2. The number of hydrogen-bond acceptors (Lipinski definition) is 5. The first-order valence-corrected chi connectivity index (χ1v) is 12.3. The molecule has 2 N–H and O–H groups in total. The summed E-state index contributed by atoms with van der Waals surface area (Å²) in [5.41, 5.74) is 2.86. The first kappa shape index (κ1) is 27.1. The molecule has 38 heavy (non-hydrogen) atoms. The van der Waals surface area contributed by atoms with Gasteiger partial charge in [-0.25, -0.2) is 13.6 Å². The van der Waals surface area contributed by atoms with Crippen LogP contribution in [-0.2, 0) is 4.79 Å².